The van der Waals surface area contributed by atoms with Gasteiger partial charge in [-0.1, -0.05) is 0 Å². The fourth-order valence-electron chi connectivity index (χ4n) is 9.78. The van der Waals surface area contributed by atoms with Gasteiger partial charge in [0.2, 0.25) is 23.5 Å². The first-order valence-corrected chi connectivity index (χ1v) is 26.7. The number of nitriles is 2. The maximum atomic E-state index is 8.03. The Kier molecular flexibility index (Phi) is 20.5. The van der Waals surface area contributed by atoms with E-state index < -0.39 is 0 Å². The van der Waals surface area contributed by atoms with Gasteiger partial charge in [0.1, 0.15) is 57.5 Å². The molecule has 81 heavy (non-hydrogen) atoms. The van der Waals surface area contributed by atoms with Crippen molar-refractivity contribution in [2.45, 2.75) is 83.5 Å². The lowest BCUT2D eigenvalue weighted by Crippen LogP contribution is -2.06. The third-order valence-corrected chi connectivity index (χ3v) is 13.9. The average Bonchev–Trinajstić information content (AvgIpc) is 3.67. The summed E-state index contributed by atoms with van der Waals surface area (Å²) < 4.78 is 74.6. The zero-order valence-electron chi connectivity index (χ0n) is 47.3. The minimum atomic E-state index is 0.242. The molecule has 18 rings (SSSR count). The first kappa shape index (κ1) is 58.0. The summed E-state index contributed by atoms with van der Waals surface area (Å²) in [6.45, 7) is 0.935. The smallest absolute Gasteiger partial charge is 0.241 e. The number of methoxy groups -OCH3 is 8. The zero-order valence-corrected chi connectivity index (χ0v) is 47.3. The average molecular weight is 1100 g/mol. The van der Waals surface area contributed by atoms with E-state index in [9.17, 15) is 0 Å². The fourth-order valence-corrected chi connectivity index (χ4v) is 9.78. The standard InChI is InChI=1S/C57H60N4O12.C6H8N2/c1-62-44-22-36-16-38-24-50(68-7)40(26-48(38)66-5)18-42-28-53-43(29-52(42)72-56-32-58-30-54(60-56)70-13-11-9-10-12-14-71-55-31-59-33-57(61-55)73-53)19-41-27-49(67-6)39(25-51(41)69-8)17-37-23-45(63-2)35(21-47(37)65-4)15-34(44)20-46(36)64-3;7-5-3-1-2-4-6-8/h20-33H,9-19H2,1-8H3;1-4H2. The fraction of sp³-hybridized carbons (Fsp3) is 0.365. The maximum absolute atomic E-state index is 8.03. The van der Waals surface area contributed by atoms with Gasteiger partial charge < -0.3 is 56.8 Å². The lowest BCUT2D eigenvalue weighted by Gasteiger charge is -2.21. The monoisotopic (exact) mass is 1100 g/mol. The molecule has 0 N–H and O–H groups in total. The van der Waals surface area contributed by atoms with Crippen LogP contribution in [0.2, 0.25) is 0 Å². The number of benzene rings is 5. The molecule has 18 heteroatoms. The Labute approximate surface area is 473 Å². The maximum Gasteiger partial charge on any atom is 0.241 e. The number of hydrogen-bond donors (Lipinski definition) is 0. The summed E-state index contributed by atoms with van der Waals surface area (Å²) in [5.74, 6) is 7.38. The van der Waals surface area contributed by atoms with Crippen LogP contribution in [-0.2, 0) is 32.1 Å². The van der Waals surface area contributed by atoms with Crippen molar-refractivity contribution in [3.05, 3.63) is 141 Å². The summed E-state index contributed by atoms with van der Waals surface area (Å²) in [4.78, 5) is 18.4. The molecule has 4 heterocycles. The number of fused-ring (bicyclic) bond motifs is 7. The Hall–Kier alpha value is -9.16. The molecular weight excluding hydrogens is 1030 g/mol. The second-order valence-electron chi connectivity index (χ2n) is 19.1. The van der Waals surface area contributed by atoms with Crippen molar-refractivity contribution >= 4 is 0 Å². The second kappa shape index (κ2) is 28.6. The molecule has 16 bridgehead atoms. The number of hydrogen-bond acceptors (Lipinski definition) is 18. The van der Waals surface area contributed by atoms with Gasteiger partial charge in [-0.05, 0) is 99.2 Å². The molecule has 11 aliphatic rings. The molecular formula is C63H68N6O12. The Morgan fingerprint density at radius 1 is 0.358 bits per heavy atom. The quantitative estimate of drug-likeness (QED) is 0.110. The van der Waals surface area contributed by atoms with E-state index in [1.165, 1.54) is 0 Å². The topological polar surface area (TPSA) is 210 Å². The van der Waals surface area contributed by atoms with Crippen LogP contribution in [0.4, 0.5) is 0 Å². The van der Waals surface area contributed by atoms with E-state index in [1.807, 2.05) is 72.8 Å². The highest BCUT2D eigenvalue weighted by molar-refractivity contribution is 5.60. The van der Waals surface area contributed by atoms with E-state index in [2.05, 4.69) is 9.97 Å². The molecule has 2 aromatic heterocycles. The molecule has 0 saturated heterocycles. The van der Waals surface area contributed by atoms with Crippen LogP contribution in [0.25, 0.3) is 0 Å². The minimum absolute atomic E-state index is 0.242. The van der Waals surface area contributed by atoms with Crippen molar-refractivity contribution in [1.29, 1.82) is 10.5 Å². The first-order valence-electron chi connectivity index (χ1n) is 26.7. The molecule has 0 unspecified atom stereocenters. The van der Waals surface area contributed by atoms with Gasteiger partial charge in [-0.2, -0.15) is 20.5 Å². The summed E-state index contributed by atoms with van der Waals surface area (Å²) >= 11 is 0. The summed E-state index contributed by atoms with van der Waals surface area (Å²) in [7, 11) is 13.3. The zero-order chi connectivity index (χ0) is 57.1. The highest BCUT2D eigenvalue weighted by atomic mass is 16.5. The molecule has 0 atom stereocenters. The number of nitrogens with zero attached hydrogens (tertiary/aromatic N) is 6. The molecule has 0 spiro atoms. The number of rotatable bonds is 11. The predicted molar refractivity (Wildman–Crippen MR) is 302 cm³/mol. The van der Waals surface area contributed by atoms with Crippen molar-refractivity contribution in [1.82, 2.24) is 19.9 Å². The van der Waals surface area contributed by atoms with Gasteiger partial charge in [0.25, 0.3) is 0 Å². The number of ether oxygens (including phenoxy) is 12. The third-order valence-electron chi connectivity index (χ3n) is 13.9. The van der Waals surface area contributed by atoms with Crippen LogP contribution in [0.5, 0.6) is 81.0 Å². The molecule has 9 aliphatic carbocycles. The molecule has 422 valence electrons. The molecule has 0 radical (unpaired) electrons. The van der Waals surface area contributed by atoms with Crippen molar-refractivity contribution in [2.24, 2.45) is 0 Å². The Morgan fingerprint density at radius 3 is 0.877 bits per heavy atom. The van der Waals surface area contributed by atoms with Gasteiger partial charge in [-0.15, -0.1) is 0 Å². The minimum Gasteiger partial charge on any atom is -0.496 e. The van der Waals surface area contributed by atoms with E-state index >= 15 is 0 Å². The van der Waals surface area contributed by atoms with E-state index in [0.717, 1.165) is 94.2 Å². The van der Waals surface area contributed by atoms with Crippen molar-refractivity contribution < 1.29 is 56.8 Å². The van der Waals surface area contributed by atoms with Gasteiger partial charge in [0.15, 0.2) is 0 Å². The number of aromatic nitrogens is 4. The Bertz CT molecular complexity index is 3160. The molecule has 0 fully saturated rings. The molecule has 0 saturated carbocycles. The summed E-state index contributed by atoms with van der Waals surface area (Å²) in [6.07, 6.45) is 14.7. The van der Waals surface area contributed by atoms with Crippen LogP contribution in [0.1, 0.15) is 107 Å². The van der Waals surface area contributed by atoms with Crippen LogP contribution in [-0.4, -0.2) is 90.0 Å². The van der Waals surface area contributed by atoms with Gasteiger partial charge in [-0.3, -0.25) is 9.97 Å². The lowest BCUT2D eigenvalue weighted by molar-refractivity contribution is 0.272. The van der Waals surface area contributed by atoms with Crippen molar-refractivity contribution in [3.8, 4) is 93.2 Å². The van der Waals surface area contributed by atoms with E-state index in [4.69, 9.17) is 77.3 Å². The van der Waals surface area contributed by atoms with Crippen LogP contribution >= 0.6 is 0 Å². The Balaban J connectivity index is 0.000000999. The molecule has 7 aromatic rings. The van der Waals surface area contributed by atoms with Crippen LogP contribution < -0.4 is 56.8 Å². The summed E-state index contributed by atoms with van der Waals surface area (Å²) in [5.41, 5.74) is 8.34. The van der Waals surface area contributed by atoms with Crippen LogP contribution in [0, 0.1) is 22.7 Å². The molecule has 2 aliphatic heterocycles. The van der Waals surface area contributed by atoms with Gasteiger partial charge in [0, 0.05) is 101 Å². The van der Waals surface area contributed by atoms with Crippen molar-refractivity contribution in [2.75, 3.05) is 70.1 Å². The van der Waals surface area contributed by atoms with E-state index in [0.29, 0.717) is 127 Å². The second-order valence-corrected chi connectivity index (χ2v) is 19.1. The van der Waals surface area contributed by atoms with Gasteiger partial charge >= 0.3 is 0 Å². The molecule has 0 amide bonds. The largest absolute Gasteiger partial charge is 0.496 e. The Morgan fingerprint density at radius 2 is 0.617 bits per heavy atom. The lowest BCUT2D eigenvalue weighted by atomic mass is 9.94. The highest BCUT2D eigenvalue weighted by Crippen LogP contribution is 2.44. The van der Waals surface area contributed by atoms with E-state index in [-0.39, 0.29) is 11.8 Å². The van der Waals surface area contributed by atoms with E-state index in [1.54, 1.807) is 81.7 Å². The predicted octanol–water partition coefficient (Wildman–Crippen LogP) is 12.1. The summed E-state index contributed by atoms with van der Waals surface area (Å²) in [5, 5.41) is 16.1. The normalized spacial score (nSPS) is 13.0. The van der Waals surface area contributed by atoms with Gasteiger partial charge in [0.05, 0.1) is 107 Å². The molecule has 5 aromatic carbocycles. The highest BCUT2D eigenvalue weighted by Gasteiger charge is 2.25. The van der Waals surface area contributed by atoms with Crippen molar-refractivity contribution in [3.63, 3.8) is 0 Å². The third kappa shape index (κ3) is 14.8. The number of unbranched alkanes of at least 4 members (excludes halogenated alkanes) is 3. The van der Waals surface area contributed by atoms with Gasteiger partial charge in [-0.25, -0.2) is 0 Å². The summed E-state index contributed by atoms with van der Waals surface area (Å²) in [6, 6.07) is 23.9. The SMILES string of the molecule is COc1cc2c(OC)cc1Cc1cc(OC)c(cc1OC)Cc1cc(OC)c(cc1OC)Cc1cc3c(cc1Oc1cncc(n1)OCCCCCCOc1cncc(n1)O3)Cc1cc(OC)c(cc1OC)C2.N#CCCCCC#N. The first-order chi connectivity index (χ1) is 39.6. The molecule has 18 nitrogen and oxygen atoms in total. The van der Waals surface area contributed by atoms with Crippen LogP contribution in [0.3, 0.4) is 0 Å². The van der Waals surface area contributed by atoms with Crippen LogP contribution in [0.15, 0.2) is 85.5 Å².